The summed E-state index contributed by atoms with van der Waals surface area (Å²) in [6, 6.07) is 8.65. The van der Waals surface area contributed by atoms with Crippen LogP contribution >= 0.6 is 12.6 Å². The normalized spacial score (nSPS) is 11.9. The fourth-order valence-corrected chi connectivity index (χ4v) is 1.15. The highest BCUT2D eigenvalue weighted by Crippen LogP contribution is 2.07. The summed E-state index contributed by atoms with van der Waals surface area (Å²) < 4.78 is 10.2. The molecule has 0 aliphatic carbocycles. The molecular formula is C11H15NO3S. The number of hydrogen-bond acceptors (Lipinski definition) is 5. The van der Waals surface area contributed by atoms with E-state index in [4.69, 9.17) is 15.2 Å². The molecule has 0 bridgehead atoms. The SMILES string of the molecule is N[C@H](CS)C(=O)OCCOc1ccccc1. The van der Waals surface area contributed by atoms with Crippen LogP contribution in [0, 0.1) is 0 Å². The van der Waals surface area contributed by atoms with Crippen molar-refractivity contribution in [1.82, 2.24) is 0 Å². The first-order valence-corrected chi connectivity index (χ1v) is 5.58. The minimum Gasteiger partial charge on any atom is -0.490 e. The number of nitrogens with two attached hydrogens (primary N) is 1. The van der Waals surface area contributed by atoms with Gasteiger partial charge in [0.1, 0.15) is 25.0 Å². The van der Waals surface area contributed by atoms with E-state index in [9.17, 15) is 4.79 Å². The van der Waals surface area contributed by atoms with E-state index in [-0.39, 0.29) is 12.4 Å². The lowest BCUT2D eigenvalue weighted by Crippen LogP contribution is -2.34. The minimum atomic E-state index is -0.667. The third kappa shape index (κ3) is 4.55. The molecular weight excluding hydrogens is 226 g/mol. The Bertz CT molecular complexity index is 318. The lowest BCUT2D eigenvalue weighted by Gasteiger charge is -2.09. The topological polar surface area (TPSA) is 61.6 Å². The van der Waals surface area contributed by atoms with Crippen LogP contribution in [-0.2, 0) is 9.53 Å². The van der Waals surface area contributed by atoms with Crippen LogP contribution in [0.5, 0.6) is 5.75 Å². The van der Waals surface area contributed by atoms with E-state index in [2.05, 4.69) is 12.6 Å². The highest BCUT2D eigenvalue weighted by molar-refractivity contribution is 7.80. The summed E-state index contributed by atoms with van der Waals surface area (Å²) in [6.45, 7) is 0.504. The molecule has 0 saturated carbocycles. The molecule has 2 N–H and O–H groups in total. The molecule has 1 atom stereocenters. The van der Waals surface area contributed by atoms with Gasteiger partial charge in [-0.3, -0.25) is 4.79 Å². The molecule has 0 aromatic heterocycles. The van der Waals surface area contributed by atoms with E-state index in [0.29, 0.717) is 6.61 Å². The van der Waals surface area contributed by atoms with Crippen LogP contribution in [0.25, 0.3) is 0 Å². The third-order valence-electron chi connectivity index (χ3n) is 1.84. The number of carbonyl (C=O) groups excluding carboxylic acids is 1. The summed E-state index contributed by atoms with van der Waals surface area (Å²) in [6.07, 6.45) is 0. The van der Waals surface area contributed by atoms with Crippen molar-refractivity contribution >= 4 is 18.6 Å². The van der Waals surface area contributed by atoms with Crippen molar-refractivity contribution in [3.05, 3.63) is 30.3 Å². The first kappa shape index (κ1) is 12.9. The summed E-state index contributed by atoms with van der Waals surface area (Å²) in [5.41, 5.74) is 5.42. The monoisotopic (exact) mass is 241 g/mol. The molecule has 16 heavy (non-hydrogen) atoms. The van der Waals surface area contributed by atoms with E-state index in [1.807, 2.05) is 30.3 Å². The fraction of sp³-hybridized carbons (Fsp3) is 0.364. The highest BCUT2D eigenvalue weighted by Gasteiger charge is 2.12. The van der Waals surface area contributed by atoms with Crippen molar-refractivity contribution in [3.63, 3.8) is 0 Å². The maximum absolute atomic E-state index is 11.1. The van der Waals surface area contributed by atoms with E-state index in [0.717, 1.165) is 5.75 Å². The summed E-state index contributed by atoms with van der Waals surface area (Å²) >= 11 is 3.90. The van der Waals surface area contributed by atoms with Crippen molar-refractivity contribution in [3.8, 4) is 5.75 Å². The summed E-state index contributed by atoms with van der Waals surface area (Å²) in [5, 5.41) is 0. The molecule has 0 aliphatic heterocycles. The molecule has 0 fully saturated rings. The van der Waals surface area contributed by atoms with Crippen LogP contribution < -0.4 is 10.5 Å². The predicted molar refractivity (Wildman–Crippen MR) is 64.7 cm³/mol. The maximum atomic E-state index is 11.1. The quantitative estimate of drug-likeness (QED) is 0.440. The molecule has 1 aromatic carbocycles. The first-order chi connectivity index (χ1) is 7.74. The maximum Gasteiger partial charge on any atom is 0.323 e. The standard InChI is InChI=1S/C11H15NO3S/c12-10(8-16)11(13)15-7-6-14-9-4-2-1-3-5-9/h1-5,10,16H,6-8,12H2/t10-/m1/s1. The van der Waals surface area contributed by atoms with E-state index >= 15 is 0 Å². The number of para-hydroxylation sites is 1. The van der Waals surface area contributed by atoms with Crippen molar-refractivity contribution in [2.24, 2.45) is 5.73 Å². The lowest BCUT2D eigenvalue weighted by atomic mass is 10.3. The zero-order chi connectivity index (χ0) is 11.8. The number of carbonyl (C=O) groups is 1. The minimum absolute atomic E-state index is 0.190. The van der Waals surface area contributed by atoms with Gasteiger partial charge < -0.3 is 15.2 Å². The Morgan fingerprint density at radius 1 is 1.31 bits per heavy atom. The van der Waals surface area contributed by atoms with Crippen molar-refractivity contribution in [1.29, 1.82) is 0 Å². The fourth-order valence-electron chi connectivity index (χ4n) is 1.00. The van der Waals surface area contributed by atoms with Crippen molar-refractivity contribution in [2.75, 3.05) is 19.0 Å². The molecule has 0 unspecified atom stereocenters. The Balaban J connectivity index is 2.15. The molecule has 4 nitrogen and oxygen atoms in total. The lowest BCUT2D eigenvalue weighted by molar-refractivity contribution is -0.145. The number of hydrogen-bond donors (Lipinski definition) is 2. The molecule has 0 amide bonds. The summed E-state index contributed by atoms with van der Waals surface area (Å²) in [7, 11) is 0. The van der Waals surface area contributed by atoms with Crippen LogP contribution in [0.15, 0.2) is 30.3 Å². The molecule has 88 valence electrons. The molecule has 0 radical (unpaired) electrons. The zero-order valence-corrected chi connectivity index (χ0v) is 9.73. The second-order valence-electron chi connectivity index (χ2n) is 3.12. The van der Waals surface area contributed by atoms with Gasteiger partial charge in [0, 0.05) is 5.75 Å². The van der Waals surface area contributed by atoms with E-state index in [1.165, 1.54) is 0 Å². The summed E-state index contributed by atoms with van der Waals surface area (Å²) in [4.78, 5) is 11.1. The number of ether oxygens (including phenoxy) is 2. The Kier molecular flexibility index (Phi) is 5.74. The van der Waals surface area contributed by atoms with Crippen LogP contribution in [-0.4, -0.2) is 31.0 Å². The Labute approximate surface area is 100 Å². The molecule has 1 aromatic rings. The van der Waals surface area contributed by atoms with Gasteiger partial charge in [-0.25, -0.2) is 0 Å². The Morgan fingerprint density at radius 3 is 2.62 bits per heavy atom. The average Bonchev–Trinajstić information content (AvgIpc) is 2.34. The zero-order valence-electron chi connectivity index (χ0n) is 8.83. The Morgan fingerprint density at radius 2 is 2.00 bits per heavy atom. The van der Waals surface area contributed by atoms with Gasteiger partial charge in [-0.1, -0.05) is 18.2 Å². The van der Waals surface area contributed by atoms with E-state index < -0.39 is 12.0 Å². The third-order valence-corrected chi connectivity index (χ3v) is 2.23. The van der Waals surface area contributed by atoms with Crippen LogP contribution in [0.1, 0.15) is 0 Å². The van der Waals surface area contributed by atoms with E-state index in [1.54, 1.807) is 0 Å². The van der Waals surface area contributed by atoms with Crippen LogP contribution in [0.3, 0.4) is 0 Å². The van der Waals surface area contributed by atoms with Gasteiger partial charge >= 0.3 is 5.97 Å². The molecule has 0 heterocycles. The van der Waals surface area contributed by atoms with Gasteiger partial charge in [0.15, 0.2) is 0 Å². The molecule has 0 aliphatic rings. The predicted octanol–water partition coefficient (Wildman–Crippen LogP) is 0.866. The average molecular weight is 241 g/mol. The largest absolute Gasteiger partial charge is 0.490 e. The Hall–Kier alpha value is -1.20. The van der Waals surface area contributed by atoms with Crippen LogP contribution in [0.2, 0.25) is 0 Å². The molecule has 0 saturated heterocycles. The first-order valence-electron chi connectivity index (χ1n) is 4.95. The molecule has 0 spiro atoms. The number of benzene rings is 1. The van der Waals surface area contributed by atoms with Crippen LogP contribution in [0.4, 0.5) is 0 Å². The van der Waals surface area contributed by atoms with Gasteiger partial charge in [0.25, 0.3) is 0 Å². The van der Waals surface area contributed by atoms with Crippen molar-refractivity contribution in [2.45, 2.75) is 6.04 Å². The molecule has 1 rings (SSSR count). The van der Waals surface area contributed by atoms with Crippen molar-refractivity contribution < 1.29 is 14.3 Å². The second-order valence-corrected chi connectivity index (χ2v) is 3.48. The second kappa shape index (κ2) is 7.14. The summed E-state index contributed by atoms with van der Waals surface area (Å²) in [5.74, 6) is 0.571. The van der Waals surface area contributed by atoms with Gasteiger partial charge in [-0.15, -0.1) is 0 Å². The highest BCUT2D eigenvalue weighted by atomic mass is 32.1. The number of rotatable bonds is 6. The number of thiol groups is 1. The van der Waals surface area contributed by atoms with Gasteiger partial charge in [-0.05, 0) is 12.1 Å². The van der Waals surface area contributed by atoms with Gasteiger partial charge in [-0.2, -0.15) is 12.6 Å². The molecule has 5 heteroatoms. The smallest absolute Gasteiger partial charge is 0.323 e. The number of esters is 1. The van der Waals surface area contributed by atoms with Gasteiger partial charge in [0.2, 0.25) is 0 Å². The van der Waals surface area contributed by atoms with Gasteiger partial charge in [0.05, 0.1) is 0 Å².